The minimum Gasteiger partial charge on any atom is -0.358 e. The third-order valence-corrected chi connectivity index (χ3v) is 4.61. The number of likely N-dealkylation sites (tertiary alicyclic amines) is 1. The van der Waals surface area contributed by atoms with Crippen LogP contribution >= 0.6 is 24.0 Å². The molecule has 1 aliphatic heterocycles. The number of hydrogen-bond acceptors (Lipinski definition) is 3. The SMILES string of the molecule is CCN(CC)C(=S)SCCN1CCCCC1. The molecule has 0 aliphatic carbocycles. The maximum Gasteiger partial charge on any atom is 0.136 e. The summed E-state index contributed by atoms with van der Waals surface area (Å²) in [4.78, 5) is 4.83. The molecule has 0 spiro atoms. The molecule has 0 saturated carbocycles. The highest BCUT2D eigenvalue weighted by Crippen LogP contribution is 2.12. The summed E-state index contributed by atoms with van der Waals surface area (Å²) in [5, 5.41) is 0. The molecule has 0 aromatic heterocycles. The predicted octanol–water partition coefficient (Wildman–Crippen LogP) is 2.83. The lowest BCUT2D eigenvalue weighted by Crippen LogP contribution is -2.33. The van der Waals surface area contributed by atoms with Crippen molar-refractivity contribution in [2.75, 3.05) is 38.5 Å². The summed E-state index contributed by atoms with van der Waals surface area (Å²) in [6.07, 6.45) is 4.18. The molecule has 0 bridgehead atoms. The van der Waals surface area contributed by atoms with Gasteiger partial charge < -0.3 is 9.80 Å². The van der Waals surface area contributed by atoms with Crippen molar-refractivity contribution in [3.05, 3.63) is 0 Å². The molecule has 0 radical (unpaired) electrons. The third-order valence-electron chi connectivity index (χ3n) is 3.10. The standard InChI is InChI=1S/C12H24N2S2/c1-3-14(4-2)12(15)16-11-10-13-8-6-5-7-9-13/h3-11H2,1-2H3. The molecule has 0 aromatic rings. The van der Waals surface area contributed by atoms with Gasteiger partial charge in [-0.25, -0.2) is 0 Å². The van der Waals surface area contributed by atoms with Gasteiger partial charge in [0.15, 0.2) is 0 Å². The average molecular weight is 260 g/mol. The number of nitrogens with zero attached hydrogens (tertiary/aromatic N) is 2. The van der Waals surface area contributed by atoms with Crippen molar-refractivity contribution in [2.45, 2.75) is 33.1 Å². The van der Waals surface area contributed by atoms with Crippen LogP contribution in [0.15, 0.2) is 0 Å². The highest BCUT2D eigenvalue weighted by Gasteiger charge is 2.11. The quantitative estimate of drug-likeness (QED) is 0.701. The largest absolute Gasteiger partial charge is 0.358 e. The Morgan fingerprint density at radius 1 is 1.19 bits per heavy atom. The lowest BCUT2D eigenvalue weighted by molar-refractivity contribution is 0.242. The van der Waals surface area contributed by atoms with Gasteiger partial charge in [-0.3, -0.25) is 0 Å². The summed E-state index contributed by atoms with van der Waals surface area (Å²) in [5.74, 6) is 1.15. The van der Waals surface area contributed by atoms with Gasteiger partial charge in [0.2, 0.25) is 0 Å². The van der Waals surface area contributed by atoms with Crippen molar-refractivity contribution in [1.82, 2.24) is 9.80 Å². The van der Waals surface area contributed by atoms with Crippen LogP contribution in [0.25, 0.3) is 0 Å². The van der Waals surface area contributed by atoms with Crippen molar-refractivity contribution in [1.29, 1.82) is 0 Å². The van der Waals surface area contributed by atoms with E-state index in [0.717, 1.165) is 23.2 Å². The Labute approximate surface area is 110 Å². The van der Waals surface area contributed by atoms with Crippen LogP contribution in [0, 0.1) is 0 Å². The van der Waals surface area contributed by atoms with E-state index in [1.165, 1.54) is 38.9 Å². The van der Waals surface area contributed by atoms with Crippen LogP contribution in [0.5, 0.6) is 0 Å². The summed E-state index contributed by atoms with van der Waals surface area (Å²) >= 11 is 7.25. The fourth-order valence-electron chi connectivity index (χ4n) is 2.02. The minimum absolute atomic E-state index is 1.03. The molecule has 94 valence electrons. The molecule has 0 atom stereocenters. The Hall–Kier alpha value is 0.200. The molecule has 0 amide bonds. The second kappa shape index (κ2) is 8.31. The van der Waals surface area contributed by atoms with Gasteiger partial charge in [0.1, 0.15) is 4.32 Å². The third kappa shape index (κ3) is 5.02. The van der Waals surface area contributed by atoms with Gasteiger partial charge in [-0.05, 0) is 39.8 Å². The Morgan fingerprint density at radius 3 is 2.38 bits per heavy atom. The number of rotatable bonds is 5. The zero-order valence-electron chi connectivity index (χ0n) is 10.6. The zero-order valence-corrected chi connectivity index (χ0v) is 12.2. The maximum absolute atomic E-state index is 5.41. The van der Waals surface area contributed by atoms with Crippen molar-refractivity contribution in [2.24, 2.45) is 0 Å². The van der Waals surface area contributed by atoms with E-state index < -0.39 is 0 Å². The van der Waals surface area contributed by atoms with E-state index >= 15 is 0 Å². The van der Waals surface area contributed by atoms with Crippen molar-refractivity contribution < 1.29 is 0 Å². The molecule has 0 aromatic carbocycles. The molecule has 2 nitrogen and oxygen atoms in total. The molecule has 1 rings (SSSR count). The Balaban J connectivity index is 2.11. The summed E-state index contributed by atoms with van der Waals surface area (Å²) in [6.45, 7) is 10.2. The molecule has 16 heavy (non-hydrogen) atoms. The number of piperidine rings is 1. The second-order valence-corrected chi connectivity index (χ2v) is 5.92. The van der Waals surface area contributed by atoms with E-state index in [2.05, 4.69) is 23.6 Å². The fraction of sp³-hybridized carbons (Fsp3) is 0.917. The molecule has 1 heterocycles. The van der Waals surface area contributed by atoms with Crippen LogP contribution in [-0.4, -0.2) is 52.6 Å². The predicted molar refractivity (Wildman–Crippen MR) is 78.3 cm³/mol. The molecule has 0 N–H and O–H groups in total. The van der Waals surface area contributed by atoms with Gasteiger partial charge in [0, 0.05) is 25.4 Å². The molecule has 1 fully saturated rings. The van der Waals surface area contributed by atoms with E-state index in [9.17, 15) is 0 Å². The minimum atomic E-state index is 1.03. The molecular weight excluding hydrogens is 236 g/mol. The van der Waals surface area contributed by atoms with E-state index in [-0.39, 0.29) is 0 Å². The Morgan fingerprint density at radius 2 is 1.81 bits per heavy atom. The van der Waals surface area contributed by atoms with Gasteiger partial charge in [-0.2, -0.15) is 0 Å². The van der Waals surface area contributed by atoms with Crippen LogP contribution in [0.2, 0.25) is 0 Å². The van der Waals surface area contributed by atoms with Gasteiger partial charge in [0.05, 0.1) is 0 Å². The van der Waals surface area contributed by atoms with Crippen molar-refractivity contribution in [3.63, 3.8) is 0 Å². The summed E-state index contributed by atoms with van der Waals surface area (Å²) in [6, 6.07) is 0. The van der Waals surface area contributed by atoms with Crippen LogP contribution in [0.4, 0.5) is 0 Å². The smallest absolute Gasteiger partial charge is 0.136 e. The van der Waals surface area contributed by atoms with Crippen molar-refractivity contribution in [3.8, 4) is 0 Å². The normalized spacial score (nSPS) is 17.4. The van der Waals surface area contributed by atoms with Crippen LogP contribution in [0.3, 0.4) is 0 Å². The average Bonchev–Trinajstić information content (AvgIpc) is 2.32. The summed E-state index contributed by atoms with van der Waals surface area (Å²) < 4.78 is 1.07. The van der Waals surface area contributed by atoms with Gasteiger partial charge in [-0.1, -0.05) is 30.4 Å². The monoisotopic (exact) mass is 260 g/mol. The molecule has 1 aliphatic rings. The van der Waals surface area contributed by atoms with E-state index in [1.807, 2.05) is 11.8 Å². The second-order valence-electron chi connectivity index (χ2n) is 4.19. The number of thiocarbonyl (C=S) groups is 1. The van der Waals surface area contributed by atoms with E-state index in [4.69, 9.17) is 12.2 Å². The number of thioether (sulfide) groups is 1. The first kappa shape index (κ1) is 14.3. The van der Waals surface area contributed by atoms with E-state index in [0.29, 0.717) is 0 Å². The number of hydrogen-bond donors (Lipinski definition) is 0. The first-order valence-corrected chi connectivity index (χ1v) is 7.81. The summed E-state index contributed by atoms with van der Waals surface area (Å²) in [5.41, 5.74) is 0. The molecule has 4 heteroatoms. The molecule has 1 saturated heterocycles. The lowest BCUT2D eigenvalue weighted by Gasteiger charge is -2.27. The Bertz CT molecular complexity index is 199. The van der Waals surface area contributed by atoms with Gasteiger partial charge in [0.25, 0.3) is 0 Å². The first-order valence-electron chi connectivity index (χ1n) is 6.42. The highest BCUT2D eigenvalue weighted by molar-refractivity contribution is 8.22. The van der Waals surface area contributed by atoms with Crippen LogP contribution < -0.4 is 0 Å². The Kier molecular flexibility index (Phi) is 7.41. The van der Waals surface area contributed by atoms with Gasteiger partial charge in [-0.15, -0.1) is 0 Å². The molecular formula is C12H24N2S2. The van der Waals surface area contributed by atoms with Gasteiger partial charge >= 0.3 is 0 Å². The lowest BCUT2D eigenvalue weighted by atomic mass is 10.1. The van der Waals surface area contributed by atoms with Crippen LogP contribution in [-0.2, 0) is 0 Å². The summed E-state index contributed by atoms with van der Waals surface area (Å²) in [7, 11) is 0. The highest BCUT2D eigenvalue weighted by atomic mass is 32.2. The van der Waals surface area contributed by atoms with Crippen LogP contribution in [0.1, 0.15) is 33.1 Å². The maximum atomic E-state index is 5.41. The molecule has 0 unspecified atom stereocenters. The zero-order chi connectivity index (χ0) is 11.8. The first-order chi connectivity index (χ1) is 7.77. The van der Waals surface area contributed by atoms with Crippen molar-refractivity contribution >= 4 is 28.3 Å². The topological polar surface area (TPSA) is 6.48 Å². The van der Waals surface area contributed by atoms with E-state index in [1.54, 1.807) is 0 Å². The fourth-order valence-corrected chi connectivity index (χ4v) is 3.49.